The van der Waals surface area contributed by atoms with Gasteiger partial charge >= 0.3 is 5.97 Å². The van der Waals surface area contributed by atoms with E-state index in [0.29, 0.717) is 17.9 Å². The van der Waals surface area contributed by atoms with Crippen molar-refractivity contribution in [3.63, 3.8) is 0 Å². The first-order chi connectivity index (χ1) is 13.6. The number of para-hydroxylation sites is 1. The topological polar surface area (TPSA) is 92.4 Å². The number of carboxylic acids is 1. The van der Waals surface area contributed by atoms with Crippen molar-refractivity contribution in [1.82, 2.24) is 4.98 Å². The second-order valence-electron chi connectivity index (χ2n) is 5.91. The van der Waals surface area contributed by atoms with E-state index in [2.05, 4.69) is 4.98 Å². The number of benzene rings is 2. The normalized spacial score (nSPS) is 11.2. The van der Waals surface area contributed by atoms with Gasteiger partial charge in [-0.25, -0.2) is 4.98 Å². The Morgan fingerprint density at radius 2 is 2.07 bits per heavy atom. The predicted molar refractivity (Wildman–Crippen MR) is 108 cm³/mol. The first-order valence-corrected chi connectivity index (χ1v) is 9.38. The molecule has 0 amide bonds. The van der Waals surface area contributed by atoms with Gasteiger partial charge < -0.3 is 14.6 Å². The van der Waals surface area contributed by atoms with Crippen molar-refractivity contribution in [1.29, 1.82) is 5.26 Å². The zero-order valence-electron chi connectivity index (χ0n) is 15.2. The van der Waals surface area contributed by atoms with Gasteiger partial charge in [-0.05, 0) is 47.9 Å². The number of hydrogen-bond acceptors (Lipinski definition) is 6. The number of methoxy groups -OCH3 is 1. The first kappa shape index (κ1) is 19.4. The second kappa shape index (κ2) is 9.02. The van der Waals surface area contributed by atoms with Crippen LogP contribution in [0.4, 0.5) is 0 Å². The highest BCUT2D eigenvalue weighted by atomic mass is 32.1. The quantitative estimate of drug-likeness (QED) is 0.600. The Bertz CT molecular complexity index is 1030. The molecule has 1 heterocycles. The molecule has 2 aromatic carbocycles. The number of rotatable bonds is 8. The number of aliphatic carboxylic acids is 1. The third-order valence-electron chi connectivity index (χ3n) is 4.00. The van der Waals surface area contributed by atoms with Crippen LogP contribution in [0.1, 0.15) is 23.4 Å². The number of aromatic nitrogens is 1. The van der Waals surface area contributed by atoms with E-state index in [0.717, 1.165) is 26.4 Å². The molecule has 142 valence electrons. The van der Waals surface area contributed by atoms with Crippen LogP contribution in [0.5, 0.6) is 11.5 Å². The van der Waals surface area contributed by atoms with E-state index in [1.807, 2.05) is 42.5 Å². The number of allylic oxidation sites excluding steroid dienone is 1. The molecule has 3 rings (SSSR count). The molecule has 0 atom stereocenters. The number of ether oxygens (including phenoxy) is 2. The van der Waals surface area contributed by atoms with Gasteiger partial charge in [0.1, 0.15) is 11.1 Å². The maximum Gasteiger partial charge on any atom is 0.303 e. The molecule has 0 aliphatic carbocycles. The third-order valence-corrected chi connectivity index (χ3v) is 5.11. The lowest BCUT2D eigenvalue weighted by molar-refractivity contribution is -0.136. The van der Waals surface area contributed by atoms with Crippen LogP contribution in [0.3, 0.4) is 0 Å². The summed E-state index contributed by atoms with van der Waals surface area (Å²) in [5.41, 5.74) is 2.57. The van der Waals surface area contributed by atoms with Gasteiger partial charge in [-0.1, -0.05) is 18.2 Å². The van der Waals surface area contributed by atoms with Gasteiger partial charge in [0, 0.05) is 6.42 Å². The van der Waals surface area contributed by atoms with E-state index in [9.17, 15) is 4.79 Å². The summed E-state index contributed by atoms with van der Waals surface area (Å²) >= 11 is 1.54. The largest absolute Gasteiger partial charge is 0.493 e. The molecule has 1 aromatic heterocycles. The van der Waals surface area contributed by atoms with Crippen LogP contribution in [0.15, 0.2) is 42.5 Å². The van der Waals surface area contributed by atoms with Crippen molar-refractivity contribution in [2.75, 3.05) is 13.7 Å². The number of fused-ring (bicyclic) bond motifs is 1. The molecule has 0 saturated heterocycles. The zero-order valence-corrected chi connectivity index (χ0v) is 16.0. The molecule has 7 heteroatoms. The van der Waals surface area contributed by atoms with Crippen molar-refractivity contribution in [2.45, 2.75) is 12.8 Å². The van der Waals surface area contributed by atoms with Gasteiger partial charge in [-0.3, -0.25) is 4.79 Å². The zero-order chi connectivity index (χ0) is 19.9. The Labute approximate surface area is 166 Å². The third kappa shape index (κ3) is 4.67. The number of carbonyl (C=O) groups is 1. The van der Waals surface area contributed by atoms with Crippen molar-refractivity contribution in [3.8, 4) is 17.6 Å². The van der Waals surface area contributed by atoms with Gasteiger partial charge in [0.2, 0.25) is 0 Å². The Balaban J connectivity index is 1.98. The molecule has 0 aliphatic rings. The summed E-state index contributed by atoms with van der Waals surface area (Å²) in [6.45, 7) is -0.0683. The van der Waals surface area contributed by atoms with Gasteiger partial charge in [0.15, 0.2) is 18.1 Å². The molecule has 1 N–H and O–H groups in total. The molecule has 0 spiro atoms. The predicted octanol–water partition coefficient (Wildman–Crippen LogP) is 4.61. The van der Waals surface area contributed by atoms with E-state index in [-0.39, 0.29) is 13.0 Å². The monoisotopic (exact) mass is 394 g/mol. The van der Waals surface area contributed by atoms with Crippen LogP contribution in [-0.2, 0) is 4.79 Å². The summed E-state index contributed by atoms with van der Waals surface area (Å²) in [4.78, 5) is 15.8. The summed E-state index contributed by atoms with van der Waals surface area (Å²) in [6.07, 6.45) is 2.30. The number of thiazole rings is 1. The van der Waals surface area contributed by atoms with E-state index >= 15 is 0 Å². The average Bonchev–Trinajstić information content (AvgIpc) is 3.13. The highest BCUT2D eigenvalue weighted by molar-refractivity contribution is 7.19. The molecule has 6 nitrogen and oxygen atoms in total. The molecule has 0 fully saturated rings. The van der Waals surface area contributed by atoms with Crippen LogP contribution in [0, 0.1) is 11.3 Å². The molecule has 28 heavy (non-hydrogen) atoms. The van der Waals surface area contributed by atoms with E-state index in [4.69, 9.17) is 19.8 Å². The molecule has 3 aromatic rings. The fraction of sp³-hybridized carbons (Fsp3) is 0.190. The maximum absolute atomic E-state index is 11.1. The fourth-order valence-electron chi connectivity index (χ4n) is 2.70. The Kier molecular flexibility index (Phi) is 6.25. The minimum atomic E-state index is -0.857. The molecule has 0 bridgehead atoms. The van der Waals surface area contributed by atoms with Gasteiger partial charge in [0.05, 0.1) is 17.3 Å². The minimum Gasteiger partial charge on any atom is -0.493 e. The smallest absolute Gasteiger partial charge is 0.303 e. The van der Waals surface area contributed by atoms with Crippen LogP contribution in [0.25, 0.3) is 21.9 Å². The number of carboxylic acid groups (broad SMARTS) is 1. The first-order valence-electron chi connectivity index (χ1n) is 8.57. The van der Waals surface area contributed by atoms with Crippen LogP contribution >= 0.6 is 11.3 Å². The van der Waals surface area contributed by atoms with Crippen LogP contribution in [-0.4, -0.2) is 29.8 Å². The summed E-state index contributed by atoms with van der Waals surface area (Å²) in [7, 11) is 1.53. The van der Waals surface area contributed by atoms with Crippen molar-refractivity contribution >= 4 is 39.2 Å². The highest BCUT2D eigenvalue weighted by Gasteiger charge is 2.12. The summed E-state index contributed by atoms with van der Waals surface area (Å²) in [5.74, 6) is 0.129. The van der Waals surface area contributed by atoms with Gasteiger partial charge in [-0.2, -0.15) is 5.26 Å². The SMILES string of the molecule is COc1cc(/C=C(\CCC(=O)O)c2nc3ccccc3s2)ccc1OCC#N. The van der Waals surface area contributed by atoms with Gasteiger partial charge in [-0.15, -0.1) is 11.3 Å². The fourth-order valence-corrected chi connectivity index (χ4v) is 3.71. The lowest BCUT2D eigenvalue weighted by atomic mass is 10.1. The maximum atomic E-state index is 11.1. The van der Waals surface area contributed by atoms with Crippen LogP contribution in [0.2, 0.25) is 0 Å². The van der Waals surface area contributed by atoms with Gasteiger partial charge in [0.25, 0.3) is 0 Å². The molecule has 0 aliphatic heterocycles. The molecule has 0 radical (unpaired) electrons. The minimum absolute atomic E-state index is 0.0161. The Hall–Kier alpha value is -3.37. The molecular formula is C21H18N2O4S. The van der Waals surface area contributed by atoms with E-state index in [1.54, 1.807) is 12.1 Å². The summed E-state index contributed by atoms with van der Waals surface area (Å²) in [5, 5.41) is 18.6. The van der Waals surface area contributed by atoms with E-state index < -0.39 is 5.97 Å². The summed E-state index contributed by atoms with van der Waals surface area (Å²) in [6, 6.07) is 15.1. The van der Waals surface area contributed by atoms with Crippen molar-refractivity contribution < 1.29 is 19.4 Å². The molecule has 0 unspecified atom stereocenters. The average molecular weight is 394 g/mol. The Morgan fingerprint density at radius 1 is 1.25 bits per heavy atom. The van der Waals surface area contributed by atoms with Crippen molar-refractivity contribution in [3.05, 3.63) is 53.0 Å². The lowest BCUT2D eigenvalue weighted by Gasteiger charge is -2.10. The second-order valence-corrected chi connectivity index (χ2v) is 6.94. The van der Waals surface area contributed by atoms with E-state index in [1.165, 1.54) is 18.4 Å². The number of nitriles is 1. The molecule has 0 saturated carbocycles. The van der Waals surface area contributed by atoms with Crippen LogP contribution < -0.4 is 9.47 Å². The number of nitrogens with zero attached hydrogens (tertiary/aromatic N) is 2. The van der Waals surface area contributed by atoms with Crippen molar-refractivity contribution in [2.24, 2.45) is 0 Å². The Morgan fingerprint density at radius 3 is 2.79 bits per heavy atom. The summed E-state index contributed by atoms with van der Waals surface area (Å²) < 4.78 is 11.7. The standard InChI is InChI=1S/C21H18N2O4S/c1-26-18-13-14(6-8-17(18)27-11-10-22)12-15(7-9-20(24)25)21-23-16-4-2-3-5-19(16)28-21/h2-6,8,12-13H,7,9,11H2,1H3,(H,24,25)/b15-12+. The molecular weight excluding hydrogens is 376 g/mol. The lowest BCUT2D eigenvalue weighted by Crippen LogP contribution is -1.97. The highest BCUT2D eigenvalue weighted by Crippen LogP contribution is 2.33. The number of hydrogen-bond donors (Lipinski definition) is 1.